The van der Waals surface area contributed by atoms with Crippen LogP contribution in [0.2, 0.25) is 0 Å². The third-order valence-corrected chi connectivity index (χ3v) is 1.70. The lowest BCUT2D eigenvalue weighted by molar-refractivity contribution is -0.129. The summed E-state index contributed by atoms with van der Waals surface area (Å²) in [6.07, 6.45) is 1.04. The number of hydrogen-bond acceptors (Lipinski definition) is 1. The highest BCUT2D eigenvalue weighted by atomic mass is 16.2. The molecule has 8 heavy (non-hydrogen) atoms. The van der Waals surface area contributed by atoms with Gasteiger partial charge in [-0.25, -0.2) is 0 Å². The van der Waals surface area contributed by atoms with E-state index in [2.05, 4.69) is 0 Å². The molecule has 0 N–H and O–H groups in total. The summed E-state index contributed by atoms with van der Waals surface area (Å²) in [5, 5.41) is 0. The summed E-state index contributed by atoms with van der Waals surface area (Å²) in [6.45, 7) is 2.92. The second-order valence-corrected chi connectivity index (χ2v) is 2.45. The molecule has 0 saturated carbocycles. The zero-order valence-corrected chi connectivity index (χ0v) is 5.35. The number of hydrogen-bond donors (Lipinski definition) is 0. The predicted molar refractivity (Wildman–Crippen MR) is 31.4 cm³/mol. The average Bonchev–Trinajstić information content (AvgIpc) is 1.98. The van der Waals surface area contributed by atoms with Crippen molar-refractivity contribution in [1.82, 2.24) is 4.90 Å². The predicted octanol–water partition coefficient (Wildman–Crippen LogP) is 0.485. The molecule has 0 aromatic heterocycles. The van der Waals surface area contributed by atoms with Gasteiger partial charge in [-0.05, 0) is 6.42 Å². The van der Waals surface area contributed by atoms with E-state index in [4.69, 9.17) is 0 Å². The molecule has 1 rings (SSSR count). The Balaban J connectivity index is 2.57. The molecule has 1 unspecified atom stereocenters. The Morgan fingerprint density at radius 3 is 2.50 bits per heavy atom. The third kappa shape index (κ3) is 0.703. The minimum Gasteiger partial charge on any atom is -0.346 e. The Morgan fingerprint density at radius 2 is 2.38 bits per heavy atom. The van der Waals surface area contributed by atoms with Gasteiger partial charge >= 0.3 is 0 Å². The van der Waals surface area contributed by atoms with E-state index < -0.39 is 0 Å². The number of carbonyl (C=O) groups is 1. The topological polar surface area (TPSA) is 20.3 Å². The zero-order chi connectivity index (χ0) is 6.15. The van der Waals surface area contributed by atoms with Gasteiger partial charge in [0.25, 0.3) is 0 Å². The molecule has 0 aliphatic carbocycles. The minimum absolute atomic E-state index is 0.278. The van der Waals surface area contributed by atoms with Gasteiger partial charge in [0.1, 0.15) is 0 Å². The SMILES string of the molecule is CC1CCN(C)C1=O. The van der Waals surface area contributed by atoms with Crippen molar-refractivity contribution >= 4 is 5.91 Å². The molecule has 1 aliphatic rings. The van der Waals surface area contributed by atoms with Gasteiger partial charge in [-0.2, -0.15) is 0 Å². The standard InChI is InChI=1S/C6H11NO/c1-5-3-4-7(2)6(5)8/h5H,3-4H2,1-2H3. The molecule has 2 nitrogen and oxygen atoms in total. The van der Waals surface area contributed by atoms with Crippen LogP contribution >= 0.6 is 0 Å². The maximum absolute atomic E-state index is 10.8. The Kier molecular flexibility index (Phi) is 1.24. The molecule has 1 heterocycles. The number of amides is 1. The van der Waals surface area contributed by atoms with E-state index in [1.165, 1.54) is 0 Å². The lowest BCUT2D eigenvalue weighted by atomic mass is 10.1. The lowest BCUT2D eigenvalue weighted by Gasteiger charge is -2.05. The summed E-state index contributed by atoms with van der Waals surface area (Å²) in [4.78, 5) is 12.6. The third-order valence-electron chi connectivity index (χ3n) is 1.70. The van der Waals surface area contributed by atoms with E-state index in [0.29, 0.717) is 5.91 Å². The summed E-state index contributed by atoms with van der Waals surface area (Å²) < 4.78 is 0. The Bertz CT molecular complexity index is 99.1. The second kappa shape index (κ2) is 1.77. The molecule has 46 valence electrons. The molecule has 1 aliphatic heterocycles. The lowest BCUT2D eigenvalue weighted by Crippen LogP contribution is -2.21. The van der Waals surface area contributed by atoms with Gasteiger partial charge in [-0.3, -0.25) is 4.79 Å². The molecular formula is C6H11NO. The Labute approximate surface area is 49.5 Å². The fourth-order valence-electron chi connectivity index (χ4n) is 0.997. The molecule has 1 atom stereocenters. The van der Waals surface area contributed by atoms with Gasteiger partial charge in [0, 0.05) is 19.5 Å². The second-order valence-electron chi connectivity index (χ2n) is 2.45. The van der Waals surface area contributed by atoms with Gasteiger partial charge in [0.05, 0.1) is 0 Å². The van der Waals surface area contributed by atoms with Crippen molar-refractivity contribution in [3.63, 3.8) is 0 Å². The number of likely N-dealkylation sites (tertiary alicyclic amines) is 1. The highest BCUT2D eigenvalue weighted by molar-refractivity contribution is 5.80. The minimum atomic E-state index is 0.278. The normalized spacial score (nSPS) is 29.5. The molecule has 1 amide bonds. The molecule has 2 heteroatoms. The van der Waals surface area contributed by atoms with Crippen molar-refractivity contribution in [1.29, 1.82) is 0 Å². The molecule has 0 aromatic carbocycles. The first-order chi connectivity index (χ1) is 3.72. The summed E-state index contributed by atoms with van der Waals surface area (Å²) in [5.74, 6) is 0.574. The van der Waals surface area contributed by atoms with Crippen molar-refractivity contribution in [2.24, 2.45) is 5.92 Å². The maximum atomic E-state index is 10.8. The van der Waals surface area contributed by atoms with E-state index in [9.17, 15) is 4.79 Å². The molecule has 0 bridgehead atoms. The van der Waals surface area contributed by atoms with E-state index in [0.717, 1.165) is 13.0 Å². The Hall–Kier alpha value is -0.530. The van der Waals surface area contributed by atoms with Gasteiger partial charge < -0.3 is 4.90 Å². The van der Waals surface area contributed by atoms with E-state index in [1.54, 1.807) is 4.90 Å². The van der Waals surface area contributed by atoms with E-state index >= 15 is 0 Å². The first-order valence-corrected chi connectivity index (χ1v) is 2.97. The van der Waals surface area contributed by atoms with Crippen LogP contribution in [0.15, 0.2) is 0 Å². The maximum Gasteiger partial charge on any atom is 0.225 e. The van der Waals surface area contributed by atoms with Gasteiger partial charge in [0.15, 0.2) is 0 Å². The van der Waals surface area contributed by atoms with E-state index in [-0.39, 0.29) is 5.92 Å². The monoisotopic (exact) mass is 113 g/mol. The number of carbonyl (C=O) groups excluding carboxylic acids is 1. The van der Waals surface area contributed by atoms with Crippen molar-refractivity contribution in [3.8, 4) is 0 Å². The first-order valence-electron chi connectivity index (χ1n) is 2.97. The highest BCUT2D eigenvalue weighted by Gasteiger charge is 2.23. The molecule has 0 aromatic rings. The van der Waals surface area contributed by atoms with Gasteiger partial charge in [-0.1, -0.05) is 6.92 Å². The van der Waals surface area contributed by atoms with Crippen LogP contribution < -0.4 is 0 Å². The van der Waals surface area contributed by atoms with Crippen LogP contribution in [0.5, 0.6) is 0 Å². The van der Waals surface area contributed by atoms with Gasteiger partial charge in [0.2, 0.25) is 5.91 Å². The summed E-state index contributed by atoms with van der Waals surface area (Å²) in [7, 11) is 1.85. The van der Waals surface area contributed by atoms with Crippen LogP contribution in [0.4, 0.5) is 0 Å². The summed E-state index contributed by atoms with van der Waals surface area (Å²) in [5.41, 5.74) is 0. The van der Waals surface area contributed by atoms with Crippen molar-refractivity contribution in [2.75, 3.05) is 13.6 Å². The van der Waals surface area contributed by atoms with Crippen LogP contribution in [0.1, 0.15) is 13.3 Å². The van der Waals surface area contributed by atoms with Crippen LogP contribution in [0.3, 0.4) is 0 Å². The van der Waals surface area contributed by atoms with Crippen molar-refractivity contribution in [3.05, 3.63) is 0 Å². The van der Waals surface area contributed by atoms with Crippen LogP contribution in [-0.2, 0) is 4.79 Å². The van der Waals surface area contributed by atoms with Crippen LogP contribution in [0.25, 0.3) is 0 Å². The summed E-state index contributed by atoms with van der Waals surface area (Å²) >= 11 is 0. The van der Waals surface area contributed by atoms with Crippen LogP contribution in [-0.4, -0.2) is 24.4 Å². The molecule has 1 saturated heterocycles. The zero-order valence-electron chi connectivity index (χ0n) is 5.35. The smallest absolute Gasteiger partial charge is 0.225 e. The number of rotatable bonds is 0. The molecule has 1 fully saturated rings. The quantitative estimate of drug-likeness (QED) is 0.447. The first kappa shape index (κ1) is 5.60. The van der Waals surface area contributed by atoms with Gasteiger partial charge in [-0.15, -0.1) is 0 Å². The highest BCUT2D eigenvalue weighted by Crippen LogP contribution is 2.13. The fraction of sp³-hybridized carbons (Fsp3) is 0.833. The van der Waals surface area contributed by atoms with Crippen molar-refractivity contribution in [2.45, 2.75) is 13.3 Å². The largest absolute Gasteiger partial charge is 0.346 e. The molecular weight excluding hydrogens is 102 g/mol. The molecule has 0 spiro atoms. The van der Waals surface area contributed by atoms with Crippen LogP contribution in [0, 0.1) is 5.92 Å². The average molecular weight is 113 g/mol. The van der Waals surface area contributed by atoms with Crippen molar-refractivity contribution < 1.29 is 4.79 Å². The summed E-state index contributed by atoms with van der Waals surface area (Å²) in [6, 6.07) is 0. The Morgan fingerprint density at radius 1 is 1.75 bits per heavy atom. The fourth-order valence-corrected chi connectivity index (χ4v) is 0.997. The number of nitrogens with zero attached hydrogens (tertiary/aromatic N) is 1. The van der Waals surface area contributed by atoms with E-state index in [1.807, 2.05) is 14.0 Å². The molecule has 0 radical (unpaired) electrons.